The van der Waals surface area contributed by atoms with Gasteiger partial charge in [-0.05, 0) is 18.1 Å². The number of benzene rings is 1. The maximum absolute atomic E-state index is 11.6. The van der Waals surface area contributed by atoms with Crippen LogP contribution in [0.2, 0.25) is 10.0 Å². The van der Waals surface area contributed by atoms with E-state index >= 15 is 0 Å². The maximum Gasteiger partial charge on any atom is 0.211 e. The first-order valence-electron chi connectivity index (χ1n) is 8.20. The average molecular weight is 428 g/mol. The summed E-state index contributed by atoms with van der Waals surface area (Å²) in [5, 5.41) is 9.90. The fourth-order valence-electron chi connectivity index (χ4n) is 2.75. The zero-order chi connectivity index (χ0) is 19.8. The maximum atomic E-state index is 11.6. The van der Waals surface area contributed by atoms with E-state index < -0.39 is 16.1 Å². The molecule has 0 saturated carbocycles. The van der Waals surface area contributed by atoms with Crippen LogP contribution in [0, 0.1) is 5.92 Å². The Bertz CT molecular complexity index is 1070. The predicted molar refractivity (Wildman–Crippen MR) is 109 cm³/mol. The van der Waals surface area contributed by atoms with Gasteiger partial charge in [0, 0.05) is 29.9 Å². The minimum atomic E-state index is -3.65. The van der Waals surface area contributed by atoms with E-state index in [0.29, 0.717) is 21.4 Å². The van der Waals surface area contributed by atoms with Crippen molar-refractivity contribution in [2.75, 3.05) is 11.1 Å². The lowest BCUT2D eigenvalue weighted by atomic mass is 10.1. The molecule has 0 spiro atoms. The number of fused-ring (bicyclic) bond motifs is 1. The fourth-order valence-corrected chi connectivity index (χ4v) is 4.07. The van der Waals surface area contributed by atoms with Gasteiger partial charge in [-0.25, -0.2) is 23.5 Å². The topological polar surface area (TPSA) is 103 Å². The molecule has 7 nitrogen and oxygen atoms in total. The molecule has 0 aliphatic rings. The largest absolute Gasteiger partial charge is 0.366 e. The Morgan fingerprint density at radius 3 is 2.63 bits per heavy atom. The van der Waals surface area contributed by atoms with E-state index in [1.807, 2.05) is 30.5 Å². The average Bonchev–Trinajstić information content (AvgIpc) is 3.10. The molecule has 2 aromatic heterocycles. The van der Waals surface area contributed by atoms with Crippen LogP contribution in [0.5, 0.6) is 0 Å². The van der Waals surface area contributed by atoms with E-state index in [4.69, 9.17) is 28.3 Å². The first kappa shape index (κ1) is 19.9. The van der Waals surface area contributed by atoms with Gasteiger partial charge in [-0.2, -0.15) is 0 Å². The molecule has 0 saturated heterocycles. The summed E-state index contributed by atoms with van der Waals surface area (Å²) in [7, 11) is -3.65. The van der Waals surface area contributed by atoms with E-state index in [9.17, 15) is 8.42 Å². The molecule has 0 aliphatic carbocycles. The molecule has 2 heterocycles. The molecule has 144 valence electrons. The van der Waals surface area contributed by atoms with Gasteiger partial charge in [0.25, 0.3) is 0 Å². The third-order valence-electron chi connectivity index (χ3n) is 4.18. The van der Waals surface area contributed by atoms with Gasteiger partial charge >= 0.3 is 0 Å². The lowest BCUT2D eigenvalue weighted by Crippen LogP contribution is -2.36. The van der Waals surface area contributed by atoms with E-state index in [1.54, 1.807) is 24.8 Å². The van der Waals surface area contributed by atoms with Crippen molar-refractivity contribution >= 4 is 49.9 Å². The highest BCUT2D eigenvalue weighted by Crippen LogP contribution is 2.34. The highest BCUT2D eigenvalue weighted by Gasteiger charge is 2.21. The molecule has 0 unspecified atom stereocenters. The van der Waals surface area contributed by atoms with E-state index in [2.05, 4.69) is 15.3 Å². The lowest BCUT2D eigenvalue weighted by Gasteiger charge is -2.23. The van der Waals surface area contributed by atoms with Gasteiger partial charge in [0.1, 0.15) is 5.82 Å². The number of anilines is 1. The molecule has 1 atom stereocenters. The summed E-state index contributed by atoms with van der Waals surface area (Å²) in [6.45, 7) is 3.81. The van der Waals surface area contributed by atoms with Crippen LogP contribution in [0.25, 0.3) is 16.6 Å². The molecule has 27 heavy (non-hydrogen) atoms. The zero-order valence-electron chi connectivity index (χ0n) is 14.7. The van der Waals surface area contributed by atoms with Crippen molar-refractivity contribution in [3.8, 4) is 5.69 Å². The number of hydrogen-bond acceptors (Lipinski definition) is 5. The monoisotopic (exact) mass is 427 g/mol. The van der Waals surface area contributed by atoms with Gasteiger partial charge in [-0.15, -0.1) is 0 Å². The van der Waals surface area contributed by atoms with E-state index in [-0.39, 0.29) is 11.7 Å². The summed E-state index contributed by atoms with van der Waals surface area (Å²) in [6.07, 6.45) is 5.12. The van der Waals surface area contributed by atoms with Gasteiger partial charge in [-0.1, -0.05) is 37.0 Å². The Labute approximate surface area is 167 Å². The number of hydrogen-bond donors (Lipinski definition) is 2. The molecule has 1 aromatic carbocycles. The van der Waals surface area contributed by atoms with Crippen LogP contribution >= 0.6 is 23.2 Å². The second-order valence-electron chi connectivity index (χ2n) is 6.58. The summed E-state index contributed by atoms with van der Waals surface area (Å²) < 4.78 is 25.0. The molecule has 3 N–H and O–H groups in total. The molecule has 0 aliphatic heterocycles. The summed E-state index contributed by atoms with van der Waals surface area (Å²) >= 11 is 12.5. The quantitative estimate of drug-likeness (QED) is 0.626. The zero-order valence-corrected chi connectivity index (χ0v) is 17.1. The highest BCUT2D eigenvalue weighted by atomic mass is 35.5. The third kappa shape index (κ3) is 4.52. The van der Waals surface area contributed by atoms with Crippen LogP contribution < -0.4 is 10.5 Å². The number of pyridine rings is 1. The Balaban J connectivity index is 2.14. The van der Waals surface area contributed by atoms with Gasteiger partial charge < -0.3 is 9.88 Å². The van der Waals surface area contributed by atoms with Crippen molar-refractivity contribution in [2.24, 2.45) is 11.1 Å². The summed E-state index contributed by atoms with van der Waals surface area (Å²) in [5.41, 5.74) is 1.30. The Morgan fingerprint density at radius 1 is 1.30 bits per heavy atom. The number of nitrogens with zero attached hydrogens (tertiary/aromatic N) is 3. The van der Waals surface area contributed by atoms with Crippen molar-refractivity contribution in [3.63, 3.8) is 0 Å². The fraction of sp³-hybridized carbons (Fsp3) is 0.294. The highest BCUT2D eigenvalue weighted by molar-refractivity contribution is 7.89. The minimum absolute atomic E-state index is 0.00681. The predicted octanol–water partition coefficient (Wildman–Crippen LogP) is 3.45. The number of aromatic nitrogens is 3. The molecular formula is C17H19Cl2N5O2S. The van der Waals surface area contributed by atoms with Gasteiger partial charge in [-0.3, -0.25) is 0 Å². The number of imidazole rings is 1. The standard InChI is InChI=1S/C17H19Cl2N5O2S/c1-10(2)13(8-27(20,25)26)22-15-7-14(24-6-5-21-9-24)11-3-4-12(18)16(19)17(11)23-15/h3-7,9-10,13H,8H2,1-2H3,(H,22,23)(H2,20,25,26)/t13-/m0/s1. The Morgan fingerprint density at radius 2 is 2.04 bits per heavy atom. The van der Waals surface area contributed by atoms with Crippen molar-refractivity contribution < 1.29 is 8.42 Å². The van der Waals surface area contributed by atoms with Crippen LogP contribution in [-0.2, 0) is 10.0 Å². The number of halogens is 2. The number of primary sulfonamides is 1. The lowest BCUT2D eigenvalue weighted by molar-refractivity contribution is 0.539. The van der Waals surface area contributed by atoms with Crippen LogP contribution in [0.4, 0.5) is 5.82 Å². The van der Waals surface area contributed by atoms with Crippen molar-refractivity contribution in [3.05, 3.63) is 47.0 Å². The smallest absolute Gasteiger partial charge is 0.211 e. The number of rotatable bonds is 6. The van der Waals surface area contributed by atoms with Crippen LogP contribution in [0.1, 0.15) is 13.8 Å². The molecular weight excluding hydrogens is 409 g/mol. The van der Waals surface area contributed by atoms with Crippen molar-refractivity contribution in [1.82, 2.24) is 14.5 Å². The van der Waals surface area contributed by atoms with Crippen LogP contribution in [0.15, 0.2) is 36.9 Å². The molecule has 0 bridgehead atoms. The van der Waals surface area contributed by atoms with Gasteiger partial charge in [0.15, 0.2) is 0 Å². The summed E-state index contributed by atoms with van der Waals surface area (Å²) in [4.78, 5) is 8.64. The Kier molecular flexibility index (Phi) is 5.62. The van der Waals surface area contributed by atoms with E-state index in [1.165, 1.54) is 0 Å². The molecule has 0 radical (unpaired) electrons. The van der Waals surface area contributed by atoms with Gasteiger partial charge in [0.2, 0.25) is 10.0 Å². The summed E-state index contributed by atoms with van der Waals surface area (Å²) in [5.74, 6) is 0.263. The first-order chi connectivity index (χ1) is 12.7. The molecule has 0 fully saturated rings. The van der Waals surface area contributed by atoms with Crippen molar-refractivity contribution in [2.45, 2.75) is 19.9 Å². The molecule has 10 heteroatoms. The number of nitrogens with one attached hydrogen (secondary N) is 1. The minimum Gasteiger partial charge on any atom is -0.366 e. The van der Waals surface area contributed by atoms with Crippen LogP contribution in [0.3, 0.4) is 0 Å². The molecule has 0 amide bonds. The molecule has 3 rings (SSSR count). The van der Waals surface area contributed by atoms with Crippen LogP contribution in [-0.4, -0.2) is 34.7 Å². The normalized spacial score (nSPS) is 13.3. The third-order valence-corrected chi connectivity index (χ3v) is 5.80. The van der Waals surface area contributed by atoms with Gasteiger partial charge in [0.05, 0.1) is 33.3 Å². The van der Waals surface area contributed by atoms with Crippen molar-refractivity contribution in [1.29, 1.82) is 0 Å². The van der Waals surface area contributed by atoms with E-state index in [0.717, 1.165) is 11.1 Å². The molecule has 3 aromatic rings. The second kappa shape index (κ2) is 7.63. The number of sulfonamides is 1. The SMILES string of the molecule is CC(C)[C@H](CS(N)(=O)=O)Nc1cc(-n2ccnc2)c2ccc(Cl)c(Cl)c2n1. The Hall–Kier alpha value is -1.87. The first-order valence-corrected chi connectivity index (χ1v) is 10.7. The number of nitrogens with two attached hydrogens (primary N) is 1. The second-order valence-corrected chi connectivity index (χ2v) is 9.02. The summed E-state index contributed by atoms with van der Waals surface area (Å²) in [6, 6.07) is 4.94.